The number of ether oxygens (including phenoxy) is 1. The quantitative estimate of drug-likeness (QED) is 0.822. The molecule has 1 aromatic carbocycles. The van der Waals surface area contributed by atoms with Crippen LogP contribution in [0, 0.1) is 0 Å². The number of nitrogens with one attached hydrogen (secondary N) is 1. The number of benzene rings is 1. The van der Waals surface area contributed by atoms with E-state index in [-0.39, 0.29) is 0 Å². The van der Waals surface area contributed by atoms with Gasteiger partial charge in [0.1, 0.15) is 12.4 Å². The molecule has 0 aliphatic carbocycles. The molecule has 0 fully saturated rings. The standard InChI is InChI=1S/C13H18ClNO/c1-3-15-9-12-4-6-13(7-5-12)16-10-11(2)8-14/h4-8,15H,3,9-10H2,1-2H3/b11-8+. The van der Waals surface area contributed by atoms with Crippen molar-refractivity contribution in [1.29, 1.82) is 0 Å². The van der Waals surface area contributed by atoms with Gasteiger partial charge in [0.05, 0.1) is 0 Å². The Morgan fingerprint density at radius 3 is 2.62 bits per heavy atom. The molecule has 0 unspecified atom stereocenters. The lowest BCUT2D eigenvalue weighted by Crippen LogP contribution is -2.11. The summed E-state index contributed by atoms with van der Waals surface area (Å²) in [5.74, 6) is 0.873. The van der Waals surface area contributed by atoms with Gasteiger partial charge in [0.15, 0.2) is 0 Å². The second-order valence-corrected chi connectivity index (χ2v) is 3.89. The number of halogens is 1. The minimum absolute atomic E-state index is 0.538. The zero-order chi connectivity index (χ0) is 11.8. The fraction of sp³-hybridized carbons (Fsp3) is 0.385. The third kappa shape index (κ3) is 4.69. The maximum atomic E-state index is 5.55. The van der Waals surface area contributed by atoms with Gasteiger partial charge in [-0.2, -0.15) is 0 Å². The van der Waals surface area contributed by atoms with Gasteiger partial charge in [-0.15, -0.1) is 0 Å². The van der Waals surface area contributed by atoms with Crippen molar-refractivity contribution in [2.24, 2.45) is 0 Å². The molecule has 0 atom stereocenters. The SMILES string of the molecule is CCNCc1ccc(OC/C(C)=C/Cl)cc1. The second kappa shape index (κ2) is 7.31. The average Bonchev–Trinajstić information content (AvgIpc) is 2.34. The van der Waals surface area contributed by atoms with Crippen LogP contribution >= 0.6 is 11.6 Å². The molecule has 1 aromatic rings. The van der Waals surface area contributed by atoms with Gasteiger partial charge >= 0.3 is 0 Å². The average molecular weight is 240 g/mol. The summed E-state index contributed by atoms with van der Waals surface area (Å²) in [7, 11) is 0. The van der Waals surface area contributed by atoms with E-state index in [1.807, 2.05) is 19.1 Å². The minimum atomic E-state index is 0.538. The fourth-order valence-corrected chi connectivity index (χ4v) is 1.26. The molecule has 0 saturated heterocycles. The van der Waals surface area contributed by atoms with Crippen molar-refractivity contribution in [2.75, 3.05) is 13.2 Å². The van der Waals surface area contributed by atoms with E-state index in [9.17, 15) is 0 Å². The smallest absolute Gasteiger partial charge is 0.119 e. The van der Waals surface area contributed by atoms with E-state index in [4.69, 9.17) is 16.3 Å². The Hall–Kier alpha value is -0.990. The highest BCUT2D eigenvalue weighted by Crippen LogP contribution is 2.13. The summed E-state index contributed by atoms with van der Waals surface area (Å²) in [6.45, 7) is 6.46. The molecule has 2 nitrogen and oxygen atoms in total. The molecule has 3 heteroatoms. The van der Waals surface area contributed by atoms with Crippen molar-refractivity contribution < 1.29 is 4.74 Å². The molecule has 16 heavy (non-hydrogen) atoms. The van der Waals surface area contributed by atoms with Gasteiger partial charge in [-0.25, -0.2) is 0 Å². The summed E-state index contributed by atoms with van der Waals surface area (Å²) in [6.07, 6.45) is 0. The monoisotopic (exact) mass is 239 g/mol. The molecule has 0 aromatic heterocycles. The molecular formula is C13H18ClNO. The Balaban J connectivity index is 2.45. The maximum Gasteiger partial charge on any atom is 0.119 e. The van der Waals surface area contributed by atoms with E-state index in [1.165, 1.54) is 5.56 Å². The number of hydrogen-bond donors (Lipinski definition) is 1. The normalized spacial score (nSPS) is 11.6. The van der Waals surface area contributed by atoms with Gasteiger partial charge in [-0.1, -0.05) is 30.7 Å². The van der Waals surface area contributed by atoms with Crippen LogP contribution in [0.1, 0.15) is 19.4 Å². The van der Waals surface area contributed by atoms with Crippen LogP contribution in [-0.4, -0.2) is 13.2 Å². The topological polar surface area (TPSA) is 21.3 Å². The van der Waals surface area contributed by atoms with Crippen LogP contribution < -0.4 is 10.1 Å². The Morgan fingerprint density at radius 1 is 1.38 bits per heavy atom. The minimum Gasteiger partial charge on any atom is -0.489 e. The molecule has 0 radical (unpaired) electrons. The molecular weight excluding hydrogens is 222 g/mol. The first-order valence-electron chi connectivity index (χ1n) is 5.44. The highest BCUT2D eigenvalue weighted by molar-refractivity contribution is 6.25. The Labute approximate surface area is 102 Å². The summed E-state index contributed by atoms with van der Waals surface area (Å²) < 4.78 is 5.54. The molecule has 0 spiro atoms. The Bertz CT molecular complexity index is 332. The largest absolute Gasteiger partial charge is 0.489 e. The summed E-state index contributed by atoms with van der Waals surface area (Å²) >= 11 is 5.55. The van der Waals surface area contributed by atoms with Crippen LogP contribution in [0.2, 0.25) is 0 Å². The predicted octanol–water partition coefficient (Wildman–Crippen LogP) is 3.32. The Kier molecular flexibility index (Phi) is 5.98. The van der Waals surface area contributed by atoms with E-state index >= 15 is 0 Å². The van der Waals surface area contributed by atoms with Crippen molar-refractivity contribution in [3.8, 4) is 5.75 Å². The predicted molar refractivity (Wildman–Crippen MR) is 68.9 cm³/mol. The highest BCUT2D eigenvalue weighted by Gasteiger charge is 1.96. The molecule has 88 valence electrons. The van der Waals surface area contributed by atoms with Crippen molar-refractivity contribution >= 4 is 11.6 Å². The van der Waals surface area contributed by atoms with Crippen molar-refractivity contribution in [3.63, 3.8) is 0 Å². The molecule has 0 aliphatic heterocycles. The lowest BCUT2D eigenvalue weighted by Gasteiger charge is -2.07. The van der Waals surface area contributed by atoms with Crippen LogP contribution in [0.15, 0.2) is 35.4 Å². The van der Waals surface area contributed by atoms with Crippen molar-refractivity contribution in [2.45, 2.75) is 20.4 Å². The van der Waals surface area contributed by atoms with Gasteiger partial charge in [0, 0.05) is 12.1 Å². The molecule has 1 N–H and O–H groups in total. The van der Waals surface area contributed by atoms with Crippen LogP contribution in [0.25, 0.3) is 0 Å². The molecule has 0 saturated carbocycles. The maximum absolute atomic E-state index is 5.55. The summed E-state index contributed by atoms with van der Waals surface area (Å²) in [5, 5.41) is 3.28. The summed E-state index contributed by atoms with van der Waals surface area (Å²) in [4.78, 5) is 0. The van der Waals surface area contributed by atoms with E-state index in [2.05, 4.69) is 24.4 Å². The summed E-state index contributed by atoms with van der Waals surface area (Å²) in [6, 6.07) is 8.10. The first-order chi connectivity index (χ1) is 7.76. The molecule has 0 heterocycles. The first-order valence-corrected chi connectivity index (χ1v) is 5.88. The lowest BCUT2D eigenvalue weighted by atomic mass is 10.2. The van der Waals surface area contributed by atoms with E-state index < -0.39 is 0 Å². The number of rotatable bonds is 6. The zero-order valence-electron chi connectivity index (χ0n) is 9.79. The van der Waals surface area contributed by atoms with Crippen LogP contribution in [0.3, 0.4) is 0 Å². The van der Waals surface area contributed by atoms with Gasteiger partial charge < -0.3 is 10.1 Å². The van der Waals surface area contributed by atoms with Gasteiger partial charge in [0.2, 0.25) is 0 Å². The highest BCUT2D eigenvalue weighted by atomic mass is 35.5. The van der Waals surface area contributed by atoms with Crippen molar-refractivity contribution in [3.05, 3.63) is 40.9 Å². The zero-order valence-corrected chi connectivity index (χ0v) is 10.6. The molecule has 0 bridgehead atoms. The third-order valence-electron chi connectivity index (χ3n) is 2.16. The fourth-order valence-electron chi connectivity index (χ4n) is 1.20. The van der Waals surface area contributed by atoms with Crippen LogP contribution in [-0.2, 0) is 6.54 Å². The van der Waals surface area contributed by atoms with Crippen LogP contribution in [0.5, 0.6) is 5.75 Å². The van der Waals surface area contributed by atoms with Crippen molar-refractivity contribution in [1.82, 2.24) is 5.32 Å². The molecule has 0 amide bonds. The van der Waals surface area contributed by atoms with Gasteiger partial charge in [-0.3, -0.25) is 0 Å². The van der Waals surface area contributed by atoms with E-state index in [1.54, 1.807) is 5.54 Å². The first kappa shape index (κ1) is 13.1. The lowest BCUT2D eigenvalue weighted by molar-refractivity contribution is 0.352. The van der Waals surface area contributed by atoms with E-state index in [0.717, 1.165) is 24.4 Å². The molecule has 0 aliphatic rings. The van der Waals surface area contributed by atoms with Crippen LogP contribution in [0.4, 0.5) is 0 Å². The van der Waals surface area contributed by atoms with Gasteiger partial charge in [0.25, 0.3) is 0 Å². The third-order valence-corrected chi connectivity index (χ3v) is 2.53. The van der Waals surface area contributed by atoms with Gasteiger partial charge in [-0.05, 0) is 36.7 Å². The molecule has 1 rings (SSSR count). The summed E-state index contributed by atoms with van der Waals surface area (Å²) in [5.41, 5.74) is 3.82. The second-order valence-electron chi connectivity index (χ2n) is 3.67. The number of hydrogen-bond acceptors (Lipinski definition) is 2. The van der Waals surface area contributed by atoms with E-state index in [0.29, 0.717) is 6.61 Å². The Morgan fingerprint density at radius 2 is 2.06 bits per heavy atom.